The molecule has 0 radical (unpaired) electrons. The van der Waals surface area contributed by atoms with Crippen LogP contribution < -0.4 is 0 Å². The highest BCUT2D eigenvalue weighted by molar-refractivity contribution is 5.32. The topological polar surface area (TPSA) is 0 Å². The fraction of sp³-hybridized carbons (Fsp3) is 0.455. The molecule has 0 atom stereocenters. The Morgan fingerprint density at radius 1 is 1.23 bits per heavy atom. The molecule has 0 saturated heterocycles. The Balaban J connectivity index is 3.32. The molecule has 0 aliphatic carbocycles. The van der Waals surface area contributed by atoms with E-state index in [9.17, 15) is 8.78 Å². The number of rotatable bonds is 2. The molecule has 0 amide bonds. The molecule has 0 heterocycles. The van der Waals surface area contributed by atoms with E-state index in [1.54, 1.807) is 6.07 Å². The van der Waals surface area contributed by atoms with Gasteiger partial charge < -0.3 is 0 Å². The summed E-state index contributed by atoms with van der Waals surface area (Å²) in [6, 6.07) is 2.85. The molecular weight excluding hydrogens is 170 g/mol. The Hall–Kier alpha value is -0.920. The zero-order valence-electron chi connectivity index (χ0n) is 8.20. The van der Waals surface area contributed by atoms with Crippen LogP contribution in [0.2, 0.25) is 0 Å². The van der Waals surface area contributed by atoms with Crippen molar-refractivity contribution in [2.45, 2.75) is 33.1 Å². The van der Waals surface area contributed by atoms with Crippen molar-refractivity contribution in [1.29, 1.82) is 0 Å². The second-order valence-corrected chi connectivity index (χ2v) is 3.44. The first-order valence-electron chi connectivity index (χ1n) is 4.54. The predicted octanol–water partition coefficient (Wildman–Crippen LogP) is 3.65. The van der Waals surface area contributed by atoms with Crippen molar-refractivity contribution in [2.24, 2.45) is 0 Å². The maximum Gasteiger partial charge on any atom is 0.162 e. The van der Waals surface area contributed by atoms with Crippen LogP contribution in [0.5, 0.6) is 0 Å². The highest BCUT2D eigenvalue weighted by atomic mass is 19.2. The lowest BCUT2D eigenvalue weighted by molar-refractivity contribution is 0.491. The zero-order valence-corrected chi connectivity index (χ0v) is 8.20. The Kier molecular flexibility index (Phi) is 3.02. The van der Waals surface area contributed by atoms with Crippen molar-refractivity contribution >= 4 is 0 Å². The highest BCUT2D eigenvalue weighted by Gasteiger charge is 2.14. The molecule has 1 rings (SSSR count). The Labute approximate surface area is 77.6 Å². The van der Waals surface area contributed by atoms with Crippen molar-refractivity contribution < 1.29 is 8.78 Å². The molecule has 13 heavy (non-hydrogen) atoms. The first-order valence-corrected chi connectivity index (χ1v) is 4.54. The third kappa shape index (κ3) is 1.87. The number of hydrogen-bond donors (Lipinski definition) is 0. The van der Waals surface area contributed by atoms with Gasteiger partial charge in [0.05, 0.1) is 0 Å². The molecule has 0 spiro atoms. The number of hydrogen-bond acceptors (Lipinski definition) is 0. The molecule has 0 bridgehead atoms. The summed E-state index contributed by atoms with van der Waals surface area (Å²) in [5, 5.41) is 0. The van der Waals surface area contributed by atoms with Gasteiger partial charge in [-0.25, -0.2) is 8.78 Å². The normalized spacial score (nSPS) is 10.9. The summed E-state index contributed by atoms with van der Waals surface area (Å²) in [5.74, 6) is -1.40. The molecule has 2 heteroatoms. The van der Waals surface area contributed by atoms with Gasteiger partial charge in [-0.1, -0.05) is 26.8 Å². The van der Waals surface area contributed by atoms with Crippen LogP contribution in [0, 0.1) is 11.6 Å². The number of aryl methyl sites for hydroxylation is 1. The summed E-state index contributed by atoms with van der Waals surface area (Å²) in [4.78, 5) is 0. The quantitative estimate of drug-likeness (QED) is 0.658. The van der Waals surface area contributed by atoms with Gasteiger partial charge in [-0.15, -0.1) is 0 Å². The molecule has 0 aliphatic heterocycles. The second kappa shape index (κ2) is 3.86. The minimum Gasteiger partial charge on any atom is -0.204 e. The predicted molar refractivity (Wildman–Crippen MR) is 49.8 cm³/mol. The molecule has 0 aromatic heterocycles. The number of halogens is 2. The highest BCUT2D eigenvalue weighted by Crippen LogP contribution is 2.25. The molecule has 0 N–H and O–H groups in total. The monoisotopic (exact) mass is 184 g/mol. The molecule has 0 nitrogen and oxygen atoms in total. The molecule has 1 aromatic carbocycles. The average Bonchev–Trinajstić information content (AvgIpc) is 2.08. The lowest BCUT2D eigenvalue weighted by Gasteiger charge is -2.12. The molecule has 0 unspecified atom stereocenters. The van der Waals surface area contributed by atoms with Gasteiger partial charge in [-0.05, 0) is 29.5 Å². The minimum atomic E-state index is -0.749. The molecular formula is C11H14F2. The molecule has 0 aliphatic rings. The summed E-state index contributed by atoms with van der Waals surface area (Å²) in [7, 11) is 0. The first kappa shape index (κ1) is 10.2. The van der Waals surface area contributed by atoms with Gasteiger partial charge in [-0.2, -0.15) is 0 Å². The van der Waals surface area contributed by atoms with E-state index in [0.29, 0.717) is 5.56 Å². The van der Waals surface area contributed by atoms with Gasteiger partial charge in [0, 0.05) is 0 Å². The van der Waals surface area contributed by atoms with E-state index in [1.165, 1.54) is 6.07 Å². The lowest BCUT2D eigenvalue weighted by Crippen LogP contribution is -2.01. The third-order valence-electron chi connectivity index (χ3n) is 2.18. The minimum absolute atomic E-state index is 0.0330. The largest absolute Gasteiger partial charge is 0.204 e. The van der Waals surface area contributed by atoms with E-state index < -0.39 is 11.6 Å². The number of benzene rings is 1. The van der Waals surface area contributed by atoms with Gasteiger partial charge in [0.1, 0.15) is 0 Å². The maximum absolute atomic E-state index is 13.3. The summed E-state index contributed by atoms with van der Waals surface area (Å²) in [6.45, 7) is 5.69. The van der Waals surface area contributed by atoms with Crippen LogP contribution >= 0.6 is 0 Å². The summed E-state index contributed by atoms with van der Waals surface area (Å²) >= 11 is 0. The lowest BCUT2D eigenvalue weighted by atomic mass is 9.95. The standard InChI is InChI=1S/C11H14F2/c1-4-8-5-6-9(12)11(13)10(8)7(2)3/h5-7H,4H2,1-3H3. The SMILES string of the molecule is CCc1ccc(F)c(F)c1C(C)C. The van der Waals surface area contributed by atoms with Crippen molar-refractivity contribution in [2.75, 3.05) is 0 Å². The smallest absolute Gasteiger partial charge is 0.162 e. The van der Waals surface area contributed by atoms with Crippen LogP contribution in [0.4, 0.5) is 8.78 Å². The van der Waals surface area contributed by atoms with Gasteiger partial charge in [0.15, 0.2) is 11.6 Å². The van der Waals surface area contributed by atoms with Crippen LogP contribution in [-0.2, 0) is 6.42 Å². The maximum atomic E-state index is 13.3. The molecule has 0 saturated carbocycles. The zero-order chi connectivity index (χ0) is 10.0. The first-order chi connectivity index (χ1) is 6.07. The Bertz CT molecular complexity index is 303. The van der Waals surface area contributed by atoms with Crippen LogP contribution in [0.25, 0.3) is 0 Å². The van der Waals surface area contributed by atoms with Crippen molar-refractivity contribution in [3.8, 4) is 0 Å². The van der Waals surface area contributed by atoms with Crippen LogP contribution in [0.15, 0.2) is 12.1 Å². The molecule has 72 valence electrons. The Morgan fingerprint density at radius 3 is 2.31 bits per heavy atom. The second-order valence-electron chi connectivity index (χ2n) is 3.44. The van der Waals surface area contributed by atoms with Crippen LogP contribution in [0.3, 0.4) is 0 Å². The van der Waals surface area contributed by atoms with Gasteiger partial charge >= 0.3 is 0 Å². The fourth-order valence-electron chi connectivity index (χ4n) is 1.54. The summed E-state index contributed by atoms with van der Waals surface area (Å²) in [5.41, 5.74) is 1.41. The average molecular weight is 184 g/mol. The van der Waals surface area contributed by atoms with Gasteiger partial charge in [0.25, 0.3) is 0 Å². The van der Waals surface area contributed by atoms with Crippen LogP contribution in [-0.4, -0.2) is 0 Å². The van der Waals surface area contributed by atoms with E-state index in [0.717, 1.165) is 12.0 Å². The molecule has 1 aromatic rings. The summed E-state index contributed by atoms with van der Waals surface area (Å²) in [6.07, 6.45) is 0.741. The van der Waals surface area contributed by atoms with E-state index >= 15 is 0 Å². The van der Waals surface area contributed by atoms with Crippen molar-refractivity contribution in [3.05, 3.63) is 34.9 Å². The van der Waals surface area contributed by atoms with Crippen molar-refractivity contribution in [1.82, 2.24) is 0 Å². The summed E-state index contributed by atoms with van der Waals surface area (Å²) < 4.78 is 26.2. The van der Waals surface area contributed by atoms with Gasteiger partial charge in [-0.3, -0.25) is 0 Å². The fourth-order valence-corrected chi connectivity index (χ4v) is 1.54. The van der Waals surface area contributed by atoms with Crippen LogP contribution in [0.1, 0.15) is 37.8 Å². The van der Waals surface area contributed by atoms with Gasteiger partial charge in [0.2, 0.25) is 0 Å². The van der Waals surface area contributed by atoms with E-state index in [1.807, 2.05) is 20.8 Å². The van der Waals surface area contributed by atoms with E-state index in [2.05, 4.69) is 0 Å². The molecule has 0 fully saturated rings. The third-order valence-corrected chi connectivity index (χ3v) is 2.18. The Morgan fingerprint density at radius 2 is 1.85 bits per heavy atom. The van der Waals surface area contributed by atoms with Crippen molar-refractivity contribution in [3.63, 3.8) is 0 Å². The van der Waals surface area contributed by atoms with E-state index in [4.69, 9.17) is 0 Å². The van der Waals surface area contributed by atoms with E-state index in [-0.39, 0.29) is 5.92 Å².